The quantitative estimate of drug-likeness (QED) is 0.590. The van der Waals surface area contributed by atoms with Gasteiger partial charge < -0.3 is 11.1 Å². The molecule has 10 heavy (non-hydrogen) atoms. The minimum Gasteiger partial charge on any atom is -0.352 e. The van der Waals surface area contributed by atoms with Gasteiger partial charge in [-0.25, -0.2) is 0 Å². The Morgan fingerprint density at radius 1 is 1.60 bits per heavy atom. The summed E-state index contributed by atoms with van der Waals surface area (Å²) in [5.41, 5.74) is 5.41. The van der Waals surface area contributed by atoms with E-state index in [1.807, 2.05) is 13.8 Å². The van der Waals surface area contributed by atoms with E-state index in [0.717, 1.165) is 0 Å². The lowest BCUT2D eigenvalue weighted by Crippen LogP contribution is -2.42. The van der Waals surface area contributed by atoms with Crippen molar-refractivity contribution in [3.63, 3.8) is 0 Å². The van der Waals surface area contributed by atoms with E-state index in [0.29, 0.717) is 12.5 Å². The van der Waals surface area contributed by atoms with Gasteiger partial charge in [0, 0.05) is 19.5 Å². The summed E-state index contributed by atoms with van der Waals surface area (Å²) in [5, 5.41) is 2.77. The Morgan fingerprint density at radius 3 is 2.20 bits per heavy atom. The molecule has 1 unspecified atom stereocenters. The Morgan fingerprint density at radius 2 is 2.10 bits per heavy atom. The van der Waals surface area contributed by atoms with Gasteiger partial charge in [0.2, 0.25) is 5.91 Å². The maximum absolute atomic E-state index is 10.6. The molecule has 0 spiro atoms. The van der Waals surface area contributed by atoms with Crippen molar-refractivity contribution in [2.45, 2.75) is 26.8 Å². The van der Waals surface area contributed by atoms with E-state index < -0.39 is 0 Å². The molecule has 0 aromatic carbocycles. The number of rotatable bonds is 3. The first-order valence-corrected chi connectivity index (χ1v) is 3.55. The maximum Gasteiger partial charge on any atom is 0.217 e. The second-order valence-corrected chi connectivity index (χ2v) is 2.79. The molecule has 0 aromatic heterocycles. The molecule has 0 aromatic rings. The lowest BCUT2D eigenvalue weighted by atomic mass is 10.1. The molecule has 0 fully saturated rings. The minimum absolute atomic E-state index is 0.0100. The topological polar surface area (TPSA) is 55.1 Å². The van der Waals surface area contributed by atoms with E-state index in [4.69, 9.17) is 5.73 Å². The van der Waals surface area contributed by atoms with Crippen LogP contribution < -0.4 is 11.1 Å². The first kappa shape index (κ1) is 9.43. The van der Waals surface area contributed by atoms with Crippen LogP contribution in [0.2, 0.25) is 0 Å². The summed E-state index contributed by atoms with van der Waals surface area (Å²) in [6.45, 7) is 6.09. The lowest BCUT2D eigenvalue weighted by Gasteiger charge is -2.18. The second-order valence-electron chi connectivity index (χ2n) is 2.79. The van der Waals surface area contributed by atoms with Crippen molar-refractivity contribution < 1.29 is 4.79 Å². The van der Waals surface area contributed by atoms with Crippen molar-refractivity contribution in [2.75, 3.05) is 6.54 Å². The first-order chi connectivity index (χ1) is 4.57. The van der Waals surface area contributed by atoms with Gasteiger partial charge in [0.1, 0.15) is 0 Å². The Labute approximate surface area is 62.0 Å². The fourth-order valence-corrected chi connectivity index (χ4v) is 0.759. The number of nitrogens with one attached hydrogen (secondary N) is 1. The van der Waals surface area contributed by atoms with Gasteiger partial charge in [0.15, 0.2) is 0 Å². The number of amides is 1. The van der Waals surface area contributed by atoms with Crippen molar-refractivity contribution in [1.82, 2.24) is 5.32 Å². The molecule has 3 nitrogen and oxygen atoms in total. The number of carbonyl (C=O) groups excluding carboxylic acids is 1. The van der Waals surface area contributed by atoms with Gasteiger partial charge in [0.25, 0.3) is 0 Å². The van der Waals surface area contributed by atoms with Gasteiger partial charge in [-0.3, -0.25) is 4.79 Å². The van der Waals surface area contributed by atoms with Crippen molar-refractivity contribution in [3.8, 4) is 0 Å². The molecule has 0 heterocycles. The van der Waals surface area contributed by atoms with Crippen molar-refractivity contribution in [3.05, 3.63) is 0 Å². The molecule has 0 aliphatic carbocycles. The summed E-state index contributed by atoms with van der Waals surface area (Å²) in [7, 11) is 0. The molecular formula is C7H16N2O. The molecule has 3 heteroatoms. The van der Waals surface area contributed by atoms with Crippen LogP contribution in [0, 0.1) is 5.92 Å². The molecule has 1 amide bonds. The highest BCUT2D eigenvalue weighted by atomic mass is 16.1. The van der Waals surface area contributed by atoms with Crippen LogP contribution >= 0.6 is 0 Å². The zero-order valence-corrected chi connectivity index (χ0v) is 6.85. The number of nitrogens with two attached hydrogens (primary N) is 1. The van der Waals surface area contributed by atoms with Gasteiger partial charge in [-0.15, -0.1) is 0 Å². The Bertz CT molecular complexity index is 112. The lowest BCUT2D eigenvalue weighted by molar-refractivity contribution is -0.119. The summed E-state index contributed by atoms with van der Waals surface area (Å²) in [6, 6.07) is 0.123. The molecule has 60 valence electrons. The van der Waals surface area contributed by atoms with Crippen LogP contribution in [0.3, 0.4) is 0 Å². The molecule has 3 N–H and O–H groups in total. The summed E-state index contributed by atoms with van der Waals surface area (Å²) < 4.78 is 0. The fraction of sp³-hybridized carbons (Fsp3) is 0.857. The van der Waals surface area contributed by atoms with E-state index in [9.17, 15) is 4.79 Å². The largest absolute Gasteiger partial charge is 0.352 e. The van der Waals surface area contributed by atoms with Crippen molar-refractivity contribution in [2.24, 2.45) is 11.7 Å². The highest BCUT2D eigenvalue weighted by molar-refractivity contribution is 5.73. The standard InChI is InChI=1S/C7H16N2O/c1-5(2)7(4-8)9-6(3)10/h5,7H,4,8H2,1-3H3,(H,9,10). The maximum atomic E-state index is 10.6. The number of hydrogen-bond donors (Lipinski definition) is 2. The molecular weight excluding hydrogens is 128 g/mol. The van der Waals surface area contributed by atoms with Gasteiger partial charge in [-0.2, -0.15) is 0 Å². The van der Waals surface area contributed by atoms with Crippen LogP contribution in [-0.2, 0) is 4.79 Å². The third kappa shape index (κ3) is 3.45. The van der Waals surface area contributed by atoms with Crippen LogP contribution in [0.15, 0.2) is 0 Å². The normalized spacial score (nSPS) is 13.3. The minimum atomic E-state index is -0.0100. The molecule has 0 aliphatic heterocycles. The highest BCUT2D eigenvalue weighted by Crippen LogP contribution is 1.98. The third-order valence-electron chi connectivity index (χ3n) is 1.45. The molecule has 0 saturated heterocycles. The number of hydrogen-bond acceptors (Lipinski definition) is 2. The number of carbonyl (C=O) groups is 1. The van der Waals surface area contributed by atoms with Crippen LogP contribution in [-0.4, -0.2) is 18.5 Å². The second kappa shape index (κ2) is 4.28. The van der Waals surface area contributed by atoms with Crippen molar-refractivity contribution >= 4 is 5.91 Å². The van der Waals surface area contributed by atoms with E-state index in [1.165, 1.54) is 6.92 Å². The molecule has 0 bridgehead atoms. The Balaban J connectivity index is 3.71. The molecule has 1 atom stereocenters. The Hall–Kier alpha value is -0.570. The van der Waals surface area contributed by atoms with Crippen LogP contribution in [0.5, 0.6) is 0 Å². The predicted molar refractivity (Wildman–Crippen MR) is 41.5 cm³/mol. The zero-order chi connectivity index (χ0) is 8.15. The van der Waals surface area contributed by atoms with E-state index in [2.05, 4.69) is 5.32 Å². The third-order valence-corrected chi connectivity index (χ3v) is 1.45. The van der Waals surface area contributed by atoms with Gasteiger partial charge in [0.05, 0.1) is 0 Å². The van der Waals surface area contributed by atoms with Gasteiger partial charge in [-0.05, 0) is 5.92 Å². The van der Waals surface area contributed by atoms with Crippen LogP contribution in [0.25, 0.3) is 0 Å². The first-order valence-electron chi connectivity index (χ1n) is 3.55. The van der Waals surface area contributed by atoms with Crippen molar-refractivity contribution in [1.29, 1.82) is 0 Å². The fourth-order valence-electron chi connectivity index (χ4n) is 0.759. The average Bonchev–Trinajstić information content (AvgIpc) is 1.81. The van der Waals surface area contributed by atoms with E-state index in [-0.39, 0.29) is 11.9 Å². The molecule has 0 radical (unpaired) electrons. The van der Waals surface area contributed by atoms with E-state index >= 15 is 0 Å². The summed E-state index contributed by atoms with van der Waals surface area (Å²) in [6.07, 6.45) is 0. The van der Waals surface area contributed by atoms with Crippen LogP contribution in [0.1, 0.15) is 20.8 Å². The molecule has 0 rings (SSSR count). The smallest absolute Gasteiger partial charge is 0.217 e. The Kier molecular flexibility index (Phi) is 4.03. The highest BCUT2D eigenvalue weighted by Gasteiger charge is 2.10. The van der Waals surface area contributed by atoms with Gasteiger partial charge in [-0.1, -0.05) is 13.8 Å². The van der Waals surface area contributed by atoms with Crippen LogP contribution in [0.4, 0.5) is 0 Å². The summed E-state index contributed by atoms with van der Waals surface area (Å²) >= 11 is 0. The van der Waals surface area contributed by atoms with E-state index in [1.54, 1.807) is 0 Å². The molecule has 0 saturated carbocycles. The zero-order valence-electron chi connectivity index (χ0n) is 6.85. The average molecular weight is 144 g/mol. The SMILES string of the molecule is CC(=O)NC(CN)C(C)C. The predicted octanol–water partition coefficient (Wildman–Crippen LogP) is 0.106. The summed E-state index contributed by atoms with van der Waals surface area (Å²) in [4.78, 5) is 10.6. The monoisotopic (exact) mass is 144 g/mol. The van der Waals surface area contributed by atoms with Gasteiger partial charge >= 0.3 is 0 Å². The summed E-state index contributed by atoms with van der Waals surface area (Å²) in [5.74, 6) is 0.401. The molecule has 0 aliphatic rings.